The van der Waals surface area contributed by atoms with Crippen molar-refractivity contribution in [2.75, 3.05) is 19.4 Å². The van der Waals surface area contributed by atoms with Crippen molar-refractivity contribution in [2.45, 2.75) is 32.7 Å². The van der Waals surface area contributed by atoms with Crippen molar-refractivity contribution in [3.8, 4) is 0 Å². The topological polar surface area (TPSA) is 45.2 Å². The number of anilines is 1. The Kier molecular flexibility index (Phi) is 4.10. The first-order valence-electron chi connectivity index (χ1n) is 5.84. The summed E-state index contributed by atoms with van der Waals surface area (Å²) in [5.41, 5.74) is 1.27. The molecule has 4 heteroatoms. The van der Waals surface area contributed by atoms with Gasteiger partial charge in [-0.3, -0.25) is 9.78 Å². The van der Waals surface area contributed by atoms with Gasteiger partial charge in [-0.1, -0.05) is 6.92 Å². The minimum atomic E-state index is -0.147. The molecule has 0 spiro atoms. The molecule has 1 N–H and O–H groups in total. The molecular formula is C13H21N3O. The molecule has 1 aromatic heterocycles. The Balaban J connectivity index is 3.04. The zero-order valence-electron chi connectivity index (χ0n) is 11.2. The summed E-state index contributed by atoms with van der Waals surface area (Å²) in [6.07, 6.45) is 4.22. The first-order chi connectivity index (χ1) is 7.94. The second-order valence-electron chi connectivity index (χ2n) is 4.70. The molecule has 1 aromatic rings. The van der Waals surface area contributed by atoms with Crippen molar-refractivity contribution in [3.05, 3.63) is 24.0 Å². The number of aromatic nitrogens is 1. The van der Waals surface area contributed by atoms with Crippen LogP contribution in [-0.2, 0) is 0 Å². The van der Waals surface area contributed by atoms with E-state index < -0.39 is 0 Å². The standard InChI is InChI=1S/C13H21N3O/c1-6-13(2,3)16(5)12(17)10-7-8-15-9-11(10)14-4/h7-9,14H,6H2,1-5H3. The van der Waals surface area contributed by atoms with Gasteiger partial charge in [-0.05, 0) is 26.3 Å². The van der Waals surface area contributed by atoms with Gasteiger partial charge in [0.15, 0.2) is 0 Å². The molecule has 0 unspecified atom stereocenters. The average molecular weight is 235 g/mol. The third-order valence-electron chi connectivity index (χ3n) is 3.40. The summed E-state index contributed by atoms with van der Waals surface area (Å²) < 4.78 is 0. The molecule has 0 aliphatic heterocycles. The Morgan fingerprint density at radius 1 is 1.53 bits per heavy atom. The van der Waals surface area contributed by atoms with Gasteiger partial charge in [0.2, 0.25) is 0 Å². The minimum absolute atomic E-state index is 0.0172. The van der Waals surface area contributed by atoms with Crippen molar-refractivity contribution >= 4 is 11.6 Å². The fourth-order valence-electron chi connectivity index (χ4n) is 1.47. The third-order valence-corrected chi connectivity index (χ3v) is 3.40. The summed E-state index contributed by atoms with van der Waals surface area (Å²) in [7, 11) is 3.63. The first kappa shape index (κ1) is 13.5. The summed E-state index contributed by atoms with van der Waals surface area (Å²) in [5.74, 6) is 0.0172. The van der Waals surface area contributed by atoms with Crippen molar-refractivity contribution in [1.82, 2.24) is 9.88 Å². The van der Waals surface area contributed by atoms with Crippen LogP contribution in [0.2, 0.25) is 0 Å². The first-order valence-corrected chi connectivity index (χ1v) is 5.84. The number of carbonyl (C=O) groups is 1. The Morgan fingerprint density at radius 2 is 2.18 bits per heavy atom. The fourth-order valence-corrected chi connectivity index (χ4v) is 1.47. The van der Waals surface area contributed by atoms with Gasteiger partial charge in [0, 0.05) is 25.8 Å². The highest BCUT2D eigenvalue weighted by atomic mass is 16.2. The second kappa shape index (κ2) is 5.17. The number of rotatable bonds is 4. The SMILES string of the molecule is CCC(C)(C)N(C)C(=O)c1ccncc1NC. The molecule has 94 valence electrons. The minimum Gasteiger partial charge on any atom is -0.386 e. The van der Waals surface area contributed by atoms with Crippen LogP contribution in [0.3, 0.4) is 0 Å². The second-order valence-corrected chi connectivity index (χ2v) is 4.70. The Labute approximate surface area is 103 Å². The summed E-state index contributed by atoms with van der Waals surface area (Å²) in [6.45, 7) is 6.20. The number of hydrogen-bond acceptors (Lipinski definition) is 3. The third kappa shape index (κ3) is 2.75. The van der Waals surface area contributed by atoms with Crippen molar-refractivity contribution in [1.29, 1.82) is 0 Å². The van der Waals surface area contributed by atoms with Crippen LogP contribution in [0, 0.1) is 0 Å². The Morgan fingerprint density at radius 3 is 2.71 bits per heavy atom. The van der Waals surface area contributed by atoms with Crippen molar-refractivity contribution in [2.24, 2.45) is 0 Å². The average Bonchev–Trinajstić information content (AvgIpc) is 2.36. The summed E-state index contributed by atoms with van der Waals surface area (Å²) in [6, 6.07) is 1.75. The lowest BCUT2D eigenvalue weighted by atomic mass is 9.99. The number of nitrogens with one attached hydrogen (secondary N) is 1. The molecule has 0 fully saturated rings. The normalized spacial score (nSPS) is 11.1. The highest BCUT2D eigenvalue weighted by molar-refractivity contribution is 5.99. The molecule has 1 heterocycles. The number of amides is 1. The molecule has 0 bridgehead atoms. The highest BCUT2D eigenvalue weighted by Crippen LogP contribution is 2.22. The van der Waals surface area contributed by atoms with Gasteiger partial charge in [0.1, 0.15) is 0 Å². The summed E-state index contributed by atoms with van der Waals surface area (Å²) >= 11 is 0. The zero-order valence-corrected chi connectivity index (χ0v) is 11.2. The highest BCUT2D eigenvalue weighted by Gasteiger charge is 2.27. The van der Waals surface area contributed by atoms with Gasteiger partial charge in [-0.2, -0.15) is 0 Å². The molecule has 17 heavy (non-hydrogen) atoms. The molecule has 1 amide bonds. The number of carbonyl (C=O) groups excluding carboxylic acids is 1. The Bertz CT molecular complexity index is 401. The molecular weight excluding hydrogens is 214 g/mol. The van der Waals surface area contributed by atoms with E-state index in [-0.39, 0.29) is 11.4 Å². The molecule has 0 aromatic carbocycles. The van der Waals surface area contributed by atoms with E-state index in [0.717, 1.165) is 12.1 Å². The van der Waals surface area contributed by atoms with Crippen LogP contribution in [0.4, 0.5) is 5.69 Å². The number of hydrogen-bond donors (Lipinski definition) is 1. The van der Waals surface area contributed by atoms with Gasteiger partial charge >= 0.3 is 0 Å². The predicted octanol–water partition coefficient (Wildman–Crippen LogP) is 2.38. The van der Waals surface area contributed by atoms with Crippen LogP contribution in [0.1, 0.15) is 37.6 Å². The summed E-state index contributed by atoms with van der Waals surface area (Å²) in [5, 5.41) is 2.99. The van der Waals surface area contributed by atoms with E-state index >= 15 is 0 Å². The molecule has 1 rings (SSSR count). The molecule has 0 saturated carbocycles. The van der Waals surface area contributed by atoms with Crippen LogP contribution >= 0.6 is 0 Å². The fraction of sp³-hybridized carbons (Fsp3) is 0.538. The maximum absolute atomic E-state index is 12.4. The largest absolute Gasteiger partial charge is 0.386 e. The lowest BCUT2D eigenvalue weighted by Gasteiger charge is -2.35. The van der Waals surface area contributed by atoms with E-state index in [9.17, 15) is 4.79 Å². The molecule has 0 radical (unpaired) electrons. The van der Waals surface area contributed by atoms with Crippen molar-refractivity contribution in [3.63, 3.8) is 0 Å². The quantitative estimate of drug-likeness (QED) is 0.871. The van der Waals surface area contributed by atoms with Gasteiger partial charge in [0.25, 0.3) is 5.91 Å². The lowest BCUT2D eigenvalue weighted by Crippen LogP contribution is -2.44. The van der Waals surface area contributed by atoms with Crippen LogP contribution in [0.15, 0.2) is 18.5 Å². The number of nitrogens with zero attached hydrogens (tertiary/aromatic N) is 2. The van der Waals surface area contributed by atoms with E-state index in [1.165, 1.54) is 0 Å². The van der Waals surface area contributed by atoms with Crippen LogP contribution < -0.4 is 5.32 Å². The monoisotopic (exact) mass is 235 g/mol. The van der Waals surface area contributed by atoms with E-state index in [1.54, 1.807) is 30.4 Å². The van der Waals surface area contributed by atoms with Gasteiger partial charge in [0.05, 0.1) is 17.4 Å². The smallest absolute Gasteiger partial charge is 0.256 e. The summed E-state index contributed by atoms with van der Waals surface area (Å²) in [4.78, 5) is 18.2. The van der Waals surface area contributed by atoms with E-state index in [1.807, 2.05) is 7.05 Å². The molecule has 0 saturated heterocycles. The predicted molar refractivity (Wildman–Crippen MR) is 70.2 cm³/mol. The zero-order chi connectivity index (χ0) is 13.1. The molecule has 0 aliphatic rings. The lowest BCUT2D eigenvalue weighted by molar-refractivity contribution is 0.0621. The van der Waals surface area contributed by atoms with Gasteiger partial charge < -0.3 is 10.2 Å². The van der Waals surface area contributed by atoms with E-state index in [4.69, 9.17) is 0 Å². The maximum atomic E-state index is 12.4. The number of pyridine rings is 1. The maximum Gasteiger partial charge on any atom is 0.256 e. The Hall–Kier alpha value is -1.58. The van der Waals surface area contributed by atoms with Crippen LogP contribution in [0.25, 0.3) is 0 Å². The molecule has 4 nitrogen and oxygen atoms in total. The molecule has 0 atom stereocenters. The van der Waals surface area contributed by atoms with E-state index in [0.29, 0.717) is 5.56 Å². The van der Waals surface area contributed by atoms with Crippen LogP contribution in [-0.4, -0.2) is 35.4 Å². The van der Waals surface area contributed by atoms with Crippen molar-refractivity contribution < 1.29 is 4.79 Å². The van der Waals surface area contributed by atoms with Crippen LogP contribution in [0.5, 0.6) is 0 Å². The molecule has 0 aliphatic carbocycles. The van der Waals surface area contributed by atoms with Gasteiger partial charge in [-0.25, -0.2) is 0 Å². The van der Waals surface area contributed by atoms with E-state index in [2.05, 4.69) is 31.1 Å². The van der Waals surface area contributed by atoms with Gasteiger partial charge in [-0.15, -0.1) is 0 Å².